The van der Waals surface area contributed by atoms with Crippen LogP contribution < -0.4 is 10.6 Å². The van der Waals surface area contributed by atoms with Gasteiger partial charge in [0.2, 0.25) is 0 Å². The average molecular weight is 268 g/mol. The summed E-state index contributed by atoms with van der Waals surface area (Å²) in [6.45, 7) is 3.87. The van der Waals surface area contributed by atoms with Gasteiger partial charge in [0.05, 0.1) is 10.6 Å². The molecular weight excluding hydrogens is 250 g/mol. The second-order valence-corrected chi connectivity index (χ2v) is 6.06. The minimum atomic E-state index is -0.137. The van der Waals surface area contributed by atoms with Gasteiger partial charge in [-0.3, -0.25) is 4.79 Å². The van der Waals surface area contributed by atoms with Crippen molar-refractivity contribution in [2.45, 2.75) is 37.8 Å². The molecule has 1 aliphatic heterocycles. The maximum Gasteiger partial charge on any atom is 0.268 e. The van der Waals surface area contributed by atoms with Crippen molar-refractivity contribution in [2.75, 3.05) is 13.1 Å². The van der Waals surface area contributed by atoms with Gasteiger partial charge in [-0.05, 0) is 38.8 Å². The first kappa shape index (κ1) is 12.1. The Morgan fingerprint density at radius 2 is 2.39 bits per heavy atom. The zero-order valence-electron chi connectivity index (χ0n) is 10.5. The standard InChI is InChI=1S/C13H18ClN3O/c1-13(4-5-15-8-13)16-12(18)11-6-9(14)7-17(11)10-2-3-10/h6-7,10,15H,2-5,8H2,1H3,(H,16,18). The molecule has 1 aliphatic carbocycles. The summed E-state index contributed by atoms with van der Waals surface area (Å²) in [6.07, 6.45) is 5.12. The first-order valence-corrected chi connectivity index (χ1v) is 6.86. The normalized spacial score (nSPS) is 27.4. The second-order valence-electron chi connectivity index (χ2n) is 5.62. The molecule has 0 spiro atoms. The second kappa shape index (κ2) is 4.28. The summed E-state index contributed by atoms with van der Waals surface area (Å²) in [5.74, 6) is -0.0139. The molecule has 2 fully saturated rings. The van der Waals surface area contributed by atoms with Gasteiger partial charge < -0.3 is 15.2 Å². The summed E-state index contributed by atoms with van der Waals surface area (Å²) in [6, 6.07) is 2.23. The van der Waals surface area contributed by atoms with Crippen LogP contribution in [0.15, 0.2) is 12.3 Å². The Labute approximate surface area is 112 Å². The van der Waals surface area contributed by atoms with Crippen molar-refractivity contribution in [1.82, 2.24) is 15.2 Å². The number of aromatic nitrogens is 1. The molecule has 1 saturated heterocycles. The Kier molecular flexibility index (Phi) is 2.87. The van der Waals surface area contributed by atoms with Crippen LogP contribution in [-0.4, -0.2) is 29.1 Å². The van der Waals surface area contributed by atoms with E-state index in [1.165, 1.54) is 0 Å². The zero-order chi connectivity index (χ0) is 12.8. The Bertz CT molecular complexity index is 473. The van der Waals surface area contributed by atoms with E-state index in [9.17, 15) is 4.79 Å². The number of carbonyl (C=O) groups is 1. The Balaban J connectivity index is 1.79. The van der Waals surface area contributed by atoms with Gasteiger partial charge in [-0.2, -0.15) is 0 Å². The van der Waals surface area contributed by atoms with Crippen molar-refractivity contribution >= 4 is 17.5 Å². The van der Waals surface area contributed by atoms with Gasteiger partial charge in [0.1, 0.15) is 5.69 Å². The third-order valence-corrected chi connectivity index (χ3v) is 3.98. The minimum absolute atomic E-state index is 0.0139. The predicted octanol–water partition coefficient (Wildman–Crippen LogP) is 1.96. The van der Waals surface area contributed by atoms with Crippen LogP contribution in [0, 0.1) is 0 Å². The summed E-state index contributed by atoms with van der Waals surface area (Å²) in [4.78, 5) is 12.4. The molecule has 98 valence electrons. The molecular formula is C13H18ClN3O. The lowest BCUT2D eigenvalue weighted by Crippen LogP contribution is -2.47. The molecule has 1 saturated carbocycles. The number of nitrogens with zero attached hydrogens (tertiary/aromatic N) is 1. The third kappa shape index (κ3) is 2.27. The van der Waals surface area contributed by atoms with Crippen molar-refractivity contribution in [1.29, 1.82) is 0 Å². The average Bonchev–Trinajstić information content (AvgIpc) is 2.96. The summed E-state index contributed by atoms with van der Waals surface area (Å²) >= 11 is 6.02. The molecule has 1 unspecified atom stereocenters. The van der Waals surface area contributed by atoms with Crippen LogP contribution in [0.2, 0.25) is 5.02 Å². The van der Waals surface area contributed by atoms with Crippen LogP contribution in [0.5, 0.6) is 0 Å². The molecule has 1 aromatic heterocycles. The Morgan fingerprint density at radius 3 is 3.00 bits per heavy atom. The fourth-order valence-corrected chi connectivity index (χ4v) is 2.75. The van der Waals surface area contributed by atoms with Crippen molar-refractivity contribution in [3.05, 3.63) is 23.0 Å². The maximum absolute atomic E-state index is 12.4. The number of halogens is 1. The van der Waals surface area contributed by atoms with Gasteiger partial charge in [-0.1, -0.05) is 11.6 Å². The van der Waals surface area contributed by atoms with E-state index in [4.69, 9.17) is 11.6 Å². The molecule has 3 rings (SSSR count). The molecule has 18 heavy (non-hydrogen) atoms. The number of carbonyl (C=O) groups excluding carboxylic acids is 1. The highest BCUT2D eigenvalue weighted by molar-refractivity contribution is 6.31. The molecule has 5 heteroatoms. The highest BCUT2D eigenvalue weighted by Crippen LogP contribution is 2.37. The number of hydrogen-bond acceptors (Lipinski definition) is 2. The molecule has 4 nitrogen and oxygen atoms in total. The van der Waals surface area contributed by atoms with Gasteiger partial charge in [-0.15, -0.1) is 0 Å². The fraction of sp³-hybridized carbons (Fsp3) is 0.615. The van der Waals surface area contributed by atoms with Crippen molar-refractivity contribution in [3.63, 3.8) is 0 Å². The SMILES string of the molecule is CC1(NC(=O)c2cc(Cl)cn2C2CC2)CCNC1. The Morgan fingerprint density at radius 1 is 1.61 bits per heavy atom. The van der Waals surface area contributed by atoms with Gasteiger partial charge in [0.15, 0.2) is 0 Å². The molecule has 1 atom stereocenters. The van der Waals surface area contributed by atoms with Crippen molar-refractivity contribution < 1.29 is 4.79 Å². The Hall–Kier alpha value is -1.00. The van der Waals surface area contributed by atoms with E-state index in [0.29, 0.717) is 16.8 Å². The van der Waals surface area contributed by atoms with E-state index in [-0.39, 0.29) is 11.4 Å². The summed E-state index contributed by atoms with van der Waals surface area (Å²) in [7, 11) is 0. The van der Waals surface area contributed by atoms with Crippen LogP contribution in [0.25, 0.3) is 0 Å². The molecule has 1 aromatic rings. The van der Waals surface area contributed by atoms with Crippen LogP contribution >= 0.6 is 11.6 Å². The summed E-state index contributed by atoms with van der Waals surface area (Å²) in [5.41, 5.74) is 0.554. The fourth-order valence-electron chi connectivity index (χ4n) is 2.54. The lowest BCUT2D eigenvalue weighted by molar-refractivity contribution is 0.0903. The van der Waals surface area contributed by atoms with E-state index in [2.05, 4.69) is 17.6 Å². The van der Waals surface area contributed by atoms with Gasteiger partial charge in [-0.25, -0.2) is 0 Å². The molecule has 1 amide bonds. The summed E-state index contributed by atoms with van der Waals surface area (Å²) < 4.78 is 2.02. The number of nitrogens with one attached hydrogen (secondary N) is 2. The molecule has 2 heterocycles. The highest BCUT2D eigenvalue weighted by atomic mass is 35.5. The molecule has 2 N–H and O–H groups in total. The van der Waals surface area contributed by atoms with Gasteiger partial charge in [0.25, 0.3) is 5.91 Å². The van der Waals surface area contributed by atoms with Crippen LogP contribution in [0.3, 0.4) is 0 Å². The van der Waals surface area contributed by atoms with E-state index in [1.807, 2.05) is 10.8 Å². The molecule has 0 aromatic carbocycles. The quantitative estimate of drug-likeness (QED) is 0.879. The van der Waals surface area contributed by atoms with E-state index in [0.717, 1.165) is 32.4 Å². The smallest absolute Gasteiger partial charge is 0.268 e. The van der Waals surface area contributed by atoms with E-state index < -0.39 is 0 Å². The monoisotopic (exact) mass is 267 g/mol. The highest BCUT2D eigenvalue weighted by Gasteiger charge is 2.33. The predicted molar refractivity (Wildman–Crippen MR) is 71.1 cm³/mol. The van der Waals surface area contributed by atoms with Gasteiger partial charge in [0, 0.05) is 18.8 Å². The van der Waals surface area contributed by atoms with Crippen LogP contribution in [0.4, 0.5) is 0 Å². The van der Waals surface area contributed by atoms with E-state index >= 15 is 0 Å². The first-order chi connectivity index (χ1) is 8.57. The number of rotatable bonds is 3. The van der Waals surface area contributed by atoms with Gasteiger partial charge >= 0.3 is 0 Å². The van der Waals surface area contributed by atoms with Crippen LogP contribution in [0.1, 0.15) is 42.7 Å². The number of amides is 1. The largest absolute Gasteiger partial charge is 0.344 e. The van der Waals surface area contributed by atoms with E-state index in [1.54, 1.807) is 6.07 Å². The van der Waals surface area contributed by atoms with Crippen LogP contribution in [-0.2, 0) is 0 Å². The zero-order valence-corrected chi connectivity index (χ0v) is 11.3. The van der Waals surface area contributed by atoms with Crippen molar-refractivity contribution in [2.24, 2.45) is 0 Å². The molecule has 2 aliphatic rings. The number of hydrogen-bond donors (Lipinski definition) is 2. The molecule has 0 radical (unpaired) electrons. The first-order valence-electron chi connectivity index (χ1n) is 6.48. The molecule has 0 bridgehead atoms. The topological polar surface area (TPSA) is 46.1 Å². The lowest BCUT2D eigenvalue weighted by atomic mass is 10.0. The third-order valence-electron chi connectivity index (χ3n) is 3.77. The lowest BCUT2D eigenvalue weighted by Gasteiger charge is -2.24. The van der Waals surface area contributed by atoms with Crippen molar-refractivity contribution in [3.8, 4) is 0 Å². The summed E-state index contributed by atoms with van der Waals surface area (Å²) in [5, 5.41) is 7.04. The minimum Gasteiger partial charge on any atom is -0.344 e. The maximum atomic E-state index is 12.4.